The predicted octanol–water partition coefficient (Wildman–Crippen LogP) is 10.4. The summed E-state index contributed by atoms with van der Waals surface area (Å²) in [5.41, 5.74) is 0.930. The zero-order valence-electron chi connectivity index (χ0n) is 24.5. The normalized spacial score (nSPS) is 13.1. The minimum absolute atomic E-state index is 0.177. The Labute approximate surface area is 210 Å². The Balaban J connectivity index is 5.34. The van der Waals surface area contributed by atoms with Crippen molar-refractivity contribution >= 4 is 0 Å². The van der Waals surface area contributed by atoms with Crippen molar-refractivity contribution in [2.24, 2.45) is 16.2 Å². The molecular weight excluding hydrogens is 404 g/mol. The van der Waals surface area contributed by atoms with Gasteiger partial charge in [-0.2, -0.15) is 0 Å². The molecule has 200 valence electrons. The molecule has 0 atom stereocenters. The van der Waals surface area contributed by atoms with E-state index in [-0.39, 0.29) is 5.41 Å². The maximum absolute atomic E-state index is 6.67. The molecule has 0 saturated heterocycles. The first-order valence-electron chi connectivity index (χ1n) is 15.1. The maximum atomic E-state index is 6.67. The van der Waals surface area contributed by atoms with E-state index in [1.807, 2.05) is 0 Å². The van der Waals surface area contributed by atoms with Gasteiger partial charge in [0.25, 0.3) is 0 Å². The van der Waals surface area contributed by atoms with Crippen LogP contribution < -0.4 is 0 Å². The molecule has 0 aromatic heterocycles. The summed E-state index contributed by atoms with van der Waals surface area (Å²) in [6.45, 7) is 22.3. The fraction of sp³-hybridized carbons (Fsp3) is 1.00. The van der Waals surface area contributed by atoms with E-state index in [2.05, 4.69) is 55.4 Å². The Kier molecular flexibility index (Phi) is 19.1. The van der Waals surface area contributed by atoms with E-state index >= 15 is 0 Å². The van der Waals surface area contributed by atoms with Gasteiger partial charge in [0, 0.05) is 5.41 Å². The van der Waals surface area contributed by atoms with Crippen LogP contribution >= 0.6 is 0 Å². The molecule has 0 aromatic rings. The highest BCUT2D eigenvalue weighted by atomic mass is 16.5. The quantitative estimate of drug-likeness (QED) is 0.140. The van der Waals surface area contributed by atoms with E-state index in [1.165, 1.54) is 103 Å². The number of hydrogen-bond acceptors (Lipinski definition) is 2. The van der Waals surface area contributed by atoms with Crippen molar-refractivity contribution in [3.05, 3.63) is 0 Å². The zero-order valence-corrected chi connectivity index (χ0v) is 24.5. The van der Waals surface area contributed by atoms with Crippen molar-refractivity contribution in [3.8, 4) is 0 Å². The van der Waals surface area contributed by atoms with Gasteiger partial charge in [-0.25, -0.2) is 0 Å². The van der Waals surface area contributed by atoms with E-state index in [0.29, 0.717) is 10.8 Å². The highest BCUT2D eigenvalue weighted by Crippen LogP contribution is 2.39. The van der Waals surface area contributed by atoms with Crippen LogP contribution in [0.1, 0.15) is 158 Å². The van der Waals surface area contributed by atoms with Crippen molar-refractivity contribution in [2.75, 3.05) is 26.4 Å². The van der Waals surface area contributed by atoms with Gasteiger partial charge in [0.05, 0.1) is 26.4 Å². The average molecular weight is 469 g/mol. The van der Waals surface area contributed by atoms with Crippen molar-refractivity contribution < 1.29 is 9.47 Å². The minimum Gasteiger partial charge on any atom is -0.380 e. The second-order valence-corrected chi connectivity index (χ2v) is 11.5. The molecule has 2 nitrogen and oxygen atoms in total. The lowest BCUT2D eigenvalue weighted by Gasteiger charge is -2.39. The molecular formula is C31H64O2. The van der Waals surface area contributed by atoms with Gasteiger partial charge in [-0.3, -0.25) is 0 Å². The van der Waals surface area contributed by atoms with E-state index in [0.717, 1.165) is 26.4 Å². The van der Waals surface area contributed by atoms with Crippen LogP contribution in [0.2, 0.25) is 0 Å². The van der Waals surface area contributed by atoms with Gasteiger partial charge in [0.1, 0.15) is 0 Å². The Morgan fingerprint density at radius 1 is 0.303 bits per heavy atom. The summed E-state index contributed by atoms with van der Waals surface area (Å²) in [4.78, 5) is 0. The SMILES string of the molecule is CCCC(CCC)(CCC)COCC(CCC)(CCC)COCC(CCC)(CCC)CCC. The van der Waals surface area contributed by atoms with Crippen LogP contribution in [0.25, 0.3) is 0 Å². The van der Waals surface area contributed by atoms with Crippen LogP contribution in [-0.2, 0) is 9.47 Å². The molecule has 0 aliphatic carbocycles. The summed E-state index contributed by atoms with van der Waals surface area (Å²) >= 11 is 0. The summed E-state index contributed by atoms with van der Waals surface area (Å²) < 4.78 is 13.3. The van der Waals surface area contributed by atoms with Gasteiger partial charge in [-0.15, -0.1) is 0 Å². The van der Waals surface area contributed by atoms with Gasteiger partial charge in [-0.1, -0.05) is 107 Å². The second kappa shape index (κ2) is 19.1. The molecule has 0 rings (SSSR count). The molecule has 0 heterocycles. The number of ether oxygens (including phenoxy) is 2. The zero-order chi connectivity index (χ0) is 25.1. The fourth-order valence-corrected chi connectivity index (χ4v) is 6.85. The lowest BCUT2D eigenvalue weighted by atomic mass is 9.75. The van der Waals surface area contributed by atoms with Crippen molar-refractivity contribution in [1.82, 2.24) is 0 Å². The van der Waals surface area contributed by atoms with Crippen LogP contribution in [0.5, 0.6) is 0 Å². The topological polar surface area (TPSA) is 18.5 Å². The standard InChI is InChI=1S/C31H64O2/c1-9-17-29(18-10-2,19-11-3)25-32-27-31(23-15-7,24-16-8)28-33-26-30(20-12-4,21-13-5)22-14-6/h9-28H2,1-8H3. The van der Waals surface area contributed by atoms with Crippen molar-refractivity contribution in [3.63, 3.8) is 0 Å². The third kappa shape index (κ3) is 12.4. The molecule has 0 spiro atoms. The fourth-order valence-electron chi connectivity index (χ4n) is 6.85. The lowest BCUT2D eigenvalue weighted by Crippen LogP contribution is -2.37. The molecule has 0 saturated carbocycles. The first kappa shape index (κ1) is 32.9. The van der Waals surface area contributed by atoms with Gasteiger partial charge in [0.15, 0.2) is 0 Å². The third-order valence-corrected chi connectivity index (χ3v) is 7.88. The molecule has 0 aliphatic rings. The summed E-state index contributed by atoms with van der Waals surface area (Å²) in [7, 11) is 0. The van der Waals surface area contributed by atoms with Crippen molar-refractivity contribution in [2.45, 2.75) is 158 Å². The Hall–Kier alpha value is -0.0800. The molecule has 33 heavy (non-hydrogen) atoms. The monoisotopic (exact) mass is 468 g/mol. The van der Waals surface area contributed by atoms with Crippen LogP contribution in [0.3, 0.4) is 0 Å². The van der Waals surface area contributed by atoms with Crippen LogP contribution in [0, 0.1) is 16.2 Å². The summed E-state index contributed by atoms with van der Waals surface area (Å²) in [6.07, 6.45) is 20.2. The Morgan fingerprint density at radius 2 is 0.485 bits per heavy atom. The molecule has 0 aliphatic heterocycles. The van der Waals surface area contributed by atoms with Gasteiger partial charge in [0.2, 0.25) is 0 Å². The van der Waals surface area contributed by atoms with Gasteiger partial charge >= 0.3 is 0 Å². The van der Waals surface area contributed by atoms with E-state index < -0.39 is 0 Å². The Morgan fingerprint density at radius 3 is 0.697 bits per heavy atom. The van der Waals surface area contributed by atoms with Crippen molar-refractivity contribution in [1.29, 1.82) is 0 Å². The molecule has 0 fully saturated rings. The molecule has 0 unspecified atom stereocenters. The second-order valence-electron chi connectivity index (χ2n) is 11.5. The lowest BCUT2D eigenvalue weighted by molar-refractivity contribution is -0.0768. The number of rotatable bonds is 24. The molecule has 2 heteroatoms. The highest BCUT2D eigenvalue weighted by molar-refractivity contribution is 4.83. The predicted molar refractivity (Wildman–Crippen MR) is 148 cm³/mol. The van der Waals surface area contributed by atoms with Crippen LogP contribution in [-0.4, -0.2) is 26.4 Å². The van der Waals surface area contributed by atoms with Gasteiger partial charge in [-0.05, 0) is 62.2 Å². The van der Waals surface area contributed by atoms with E-state index in [9.17, 15) is 0 Å². The highest BCUT2D eigenvalue weighted by Gasteiger charge is 2.34. The average Bonchev–Trinajstić information content (AvgIpc) is 2.75. The third-order valence-electron chi connectivity index (χ3n) is 7.88. The largest absolute Gasteiger partial charge is 0.380 e. The smallest absolute Gasteiger partial charge is 0.0544 e. The maximum Gasteiger partial charge on any atom is 0.0544 e. The summed E-state index contributed by atoms with van der Waals surface area (Å²) in [6, 6.07) is 0. The Bertz CT molecular complexity index is 357. The van der Waals surface area contributed by atoms with E-state index in [4.69, 9.17) is 9.47 Å². The molecule has 0 N–H and O–H groups in total. The van der Waals surface area contributed by atoms with Gasteiger partial charge < -0.3 is 9.47 Å². The first-order chi connectivity index (χ1) is 15.9. The molecule has 0 bridgehead atoms. The minimum atomic E-state index is 0.177. The molecule has 0 radical (unpaired) electrons. The summed E-state index contributed by atoms with van der Waals surface area (Å²) in [5.74, 6) is 0. The first-order valence-corrected chi connectivity index (χ1v) is 15.1. The summed E-state index contributed by atoms with van der Waals surface area (Å²) in [5, 5.41) is 0. The number of hydrogen-bond donors (Lipinski definition) is 0. The molecule has 0 aromatic carbocycles. The van der Waals surface area contributed by atoms with Crippen LogP contribution in [0.4, 0.5) is 0 Å². The van der Waals surface area contributed by atoms with Crippen LogP contribution in [0.15, 0.2) is 0 Å². The molecule has 0 amide bonds. The van der Waals surface area contributed by atoms with E-state index in [1.54, 1.807) is 0 Å².